The highest BCUT2D eigenvalue weighted by atomic mass is 32.2. The van der Waals surface area contributed by atoms with Crippen molar-refractivity contribution < 1.29 is 19.1 Å². The van der Waals surface area contributed by atoms with E-state index in [0.29, 0.717) is 28.0 Å². The van der Waals surface area contributed by atoms with E-state index in [-0.39, 0.29) is 17.8 Å². The molecule has 1 aliphatic carbocycles. The molecule has 128 valence electrons. The smallest absolute Gasteiger partial charge is 0.341 e. The van der Waals surface area contributed by atoms with Crippen molar-refractivity contribution in [3.8, 4) is 0 Å². The fourth-order valence-corrected chi connectivity index (χ4v) is 4.79. The highest BCUT2D eigenvalue weighted by Gasteiger charge is 2.27. The number of rotatable bonds is 4. The van der Waals surface area contributed by atoms with Crippen LogP contribution in [0, 0.1) is 0 Å². The second-order valence-corrected chi connectivity index (χ2v) is 7.59. The van der Waals surface area contributed by atoms with Gasteiger partial charge in [-0.1, -0.05) is 11.8 Å². The zero-order valence-electron chi connectivity index (χ0n) is 13.3. The van der Waals surface area contributed by atoms with Crippen molar-refractivity contribution in [3.05, 3.63) is 27.1 Å². The van der Waals surface area contributed by atoms with Gasteiger partial charge in [-0.25, -0.2) is 4.79 Å². The second kappa shape index (κ2) is 7.40. The van der Waals surface area contributed by atoms with E-state index in [1.807, 2.05) is 0 Å². The van der Waals surface area contributed by atoms with E-state index < -0.39 is 0 Å². The summed E-state index contributed by atoms with van der Waals surface area (Å²) in [6.45, 7) is 2.06. The number of hydrogen-bond acceptors (Lipinski definition) is 6. The van der Waals surface area contributed by atoms with Crippen molar-refractivity contribution in [3.63, 3.8) is 0 Å². The Bertz CT molecular complexity index is 724. The van der Waals surface area contributed by atoms with Crippen LogP contribution in [0.5, 0.6) is 0 Å². The number of fused-ring (bicyclic) bond motifs is 1. The number of thiophene rings is 1. The number of carbonyl (C=O) groups is 3. The topological polar surface area (TPSA) is 84.5 Å². The van der Waals surface area contributed by atoms with Crippen LogP contribution in [0.3, 0.4) is 0 Å². The van der Waals surface area contributed by atoms with Gasteiger partial charge in [0.2, 0.25) is 5.91 Å². The van der Waals surface area contributed by atoms with Crippen LogP contribution >= 0.6 is 23.1 Å². The molecule has 2 N–H and O–H groups in total. The van der Waals surface area contributed by atoms with Crippen LogP contribution in [0.1, 0.15) is 40.6 Å². The Morgan fingerprint density at radius 1 is 1.33 bits per heavy atom. The molecule has 2 aliphatic rings. The van der Waals surface area contributed by atoms with Crippen molar-refractivity contribution >= 4 is 45.9 Å². The summed E-state index contributed by atoms with van der Waals surface area (Å²) in [5.74, 6) is -0.536. The van der Waals surface area contributed by atoms with Crippen molar-refractivity contribution in [2.75, 3.05) is 17.7 Å². The Hall–Kier alpha value is -1.80. The van der Waals surface area contributed by atoms with Gasteiger partial charge in [0.15, 0.2) is 0 Å². The summed E-state index contributed by atoms with van der Waals surface area (Å²) in [6, 6.07) is 0. The van der Waals surface area contributed by atoms with Crippen molar-refractivity contribution in [1.29, 1.82) is 0 Å². The normalized spacial score (nSPS) is 18.2. The summed E-state index contributed by atoms with van der Waals surface area (Å²) in [7, 11) is 0. The molecule has 2 heterocycles. The second-order valence-electron chi connectivity index (χ2n) is 5.47. The molecule has 0 aromatic carbocycles. The molecule has 1 fully saturated rings. The minimum absolute atomic E-state index is 0.113. The average molecular weight is 366 g/mol. The third-order valence-corrected chi connectivity index (χ3v) is 5.92. The molecule has 1 aliphatic heterocycles. The van der Waals surface area contributed by atoms with Crippen LogP contribution in [-0.4, -0.2) is 30.1 Å². The molecule has 1 aromatic heterocycles. The molecule has 1 saturated heterocycles. The maximum absolute atomic E-state index is 12.3. The number of carbonyl (C=O) groups excluding carboxylic acids is 3. The summed E-state index contributed by atoms with van der Waals surface area (Å²) in [4.78, 5) is 36.9. The van der Waals surface area contributed by atoms with E-state index in [1.165, 1.54) is 29.2 Å². The fraction of sp³-hybridized carbons (Fsp3) is 0.438. The molecule has 6 nitrogen and oxygen atoms in total. The first-order valence-electron chi connectivity index (χ1n) is 7.85. The third-order valence-electron chi connectivity index (χ3n) is 3.77. The molecule has 1 aromatic rings. The van der Waals surface area contributed by atoms with Gasteiger partial charge in [0, 0.05) is 11.0 Å². The van der Waals surface area contributed by atoms with E-state index in [0.717, 1.165) is 36.1 Å². The lowest BCUT2D eigenvalue weighted by atomic mass is 9.95. The van der Waals surface area contributed by atoms with Crippen LogP contribution in [0.25, 0.3) is 0 Å². The van der Waals surface area contributed by atoms with E-state index >= 15 is 0 Å². The Kier molecular flexibility index (Phi) is 5.25. The number of esters is 1. The average Bonchev–Trinajstić information content (AvgIpc) is 3.10. The van der Waals surface area contributed by atoms with Gasteiger partial charge < -0.3 is 15.4 Å². The molecule has 0 atom stereocenters. The van der Waals surface area contributed by atoms with Crippen LogP contribution < -0.4 is 10.6 Å². The number of anilines is 1. The number of thioether (sulfide) groups is 1. The largest absolute Gasteiger partial charge is 0.462 e. The van der Waals surface area contributed by atoms with Gasteiger partial charge in [0.25, 0.3) is 5.91 Å². The van der Waals surface area contributed by atoms with Crippen molar-refractivity contribution in [1.82, 2.24) is 5.32 Å². The third kappa shape index (κ3) is 3.64. The molecule has 0 radical (unpaired) electrons. The zero-order chi connectivity index (χ0) is 17.1. The molecular weight excluding hydrogens is 348 g/mol. The minimum atomic E-state index is -0.386. The first-order valence-corrected chi connectivity index (χ1v) is 9.65. The maximum Gasteiger partial charge on any atom is 0.341 e. The molecule has 0 unspecified atom stereocenters. The van der Waals surface area contributed by atoms with Crippen LogP contribution in [0.2, 0.25) is 0 Å². The predicted molar refractivity (Wildman–Crippen MR) is 94.2 cm³/mol. The van der Waals surface area contributed by atoms with E-state index in [2.05, 4.69) is 10.6 Å². The molecule has 0 spiro atoms. The number of hydrogen-bond donors (Lipinski definition) is 2. The summed E-state index contributed by atoms with van der Waals surface area (Å²) >= 11 is 2.73. The van der Waals surface area contributed by atoms with Gasteiger partial charge in [0.05, 0.1) is 23.0 Å². The number of nitrogens with one attached hydrogen (secondary N) is 2. The standard InChI is InChI=1S/C16H18N2O4S2/c1-2-22-16(21)14-9-5-3-4-6-10(9)24-15(14)18-11(19)7-13-17-12(20)8-23-13/h7H,2-6,8H2,1H3,(H,17,20)(H,18,19)/b13-7+. The lowest BCUT2D eigenvalue weighted by molar-refractivity contribution is -0.117. The molecule has 0 saturated carbocycles. The van der Waals surface area contributed by atoms with Crippen LogP contribution in [0.4, 0.5) is 5.00 Å². The highest BCUT2D eigenvalue weighted by Crippen LogP contribution is 2.38. The van der Waals surface area contributed by atoms with Gasteiger partial charge in [-0.15, -0.1) is 11.3 Å². The summed E-state index contributed by atoms with van der Waals surface area (Å²) in [6.07, 6.45) is 5.24. The predicted octanol–water partition coefficient (Wildman–Crippen LogP) is 2.45. The van der Waals surface area contributed by atoms with Gasteiger partial charge in [0.1, 0.15) is 5.00 Å². The monoisotopic (exact) mass is 366 g/mol. The highest BCUT2D eigenvalue weighted by molar-refractivity contribution is 8.04. The Morgan fingerprint density at radius 3 is 2.83 bits per heavy atom. The van der Waals surface area contributed by atoms with Crippen LogP contribution in [0.15, 0.2) is 11.1 Å². The van der Waals surface area contributed by atoms with Crippen LogP contribution in [-0.2, 0) is 27.2 Å². The Balaban J connectivity index is 1.84. The number of ether oxygens (including phenoxy) is 1. The Morgan fingerprint density at radius 2 is 2.12 bits per heavy atom. The number of aryl methyl sites for hydroxylation is 1. The summed E-state index contributed by atoms with van der Waals surface area (Å²) < 4.78 is 5.16. The van der Waals surface area contributed by atoms with E-state index in [9.17, 15) is 14.4 Å². The van der Waals surface area contributed by atoms with Gasteiger partial charge >= 0.3 is 5.97 Å². The lowest BCUT2D eigenvalue weighted by Crippen LogP contribution is -2.17. The molecule has 24 heavy (non-hydrogen) atoms. The quantitative estimate of drug-likeness (QED) is 0.632. The molecule has 2 amide bonds. The van der Waals surface area contributed by atoms with Gasteiger partial charge in [-0.05, 0) is 38.2 Å². The van der Waals surface area contributed by atoms with E-state index in [4.69, 9.17) is 4.74 Å². The summed E-state index contributed by atoms with van der Waals surface area (Å²) in [5, 5.41) is 6.46. The maximum atomic E-state index is 12.3. The summed E-state index contributed by atoms with van der Waals surface area (Å²) in [5.41, 5.74) is 1.50. The fourth-order valence-electron chi connectivity index (χ4n) is 2.77. The molecule has 0 bridgehead atoms. The molecule has 8 heteroatoms. The van der Waals surface area contributed by atoms with Gasteiger partial charge in [-0.2, -0.15) is 0 Å². The minimum Gasteiger partial charge on any atom is -0.462 e. The zero-order valence-corrected chi connectivity index (χ0v) is 14.9. The number of amides is 2. The first-order chi connectivity index (χ1) is 11.6. The Labute approximate surface area is 148 Å². The SMILES string of the molecule is CCOC(=O)c1c(NC(=O)/C=C2\NC(=O)CS2)sc2c1CCCC2. The molecular formula is C16H18N2O4S2. The van der Waals surface area contributed by atoms with Gasteiger partial charge in [-0.3, -0.25) is 9.59 Å². The van der Waals surface area contributed by atoms with Crippen molar-refractivity contribution in [2.24, 2.45) is 0 Å². The lowest BCUT2D eigenvalue weighted by Gasteiger charge is -2.12. The van der Waals surface area contributed by atoms with E-state index in [1.54, 1.807) is 6.92 Å². The van der Waals surface area contributed by atoms with Crippen molar-refractivity contribution in [2.45, 2.75) is 32.6 Å². The first kappa shape index (κ1) is 17.0. The molecule has 3 rings (SSSR count).